The predicted octanol–water partition coefficient (Wildman–Crippen LogP) is 4.85. The smallest absolute Gasteiger partial charge is 0.368 e. The van der Waals surface area contributed by atoms with Crippen LogP contribution in [0.1, 0.15) is 32.1 Å². The first-order valence-electron chi connectivity index (χ1n) is 11.1. The maximum Gasteiger partial charge on any atom is 0.416 e. The number of piperazine rings is 1. The Kier molecular flexibility index (Phi) is 7.02. The molecule has 0 atom stereocenters. The molecule has 1 aliphatic rings. The molecule has 1 fully saturated rings. The molecule has 1 aliphatic heterocycles. The van der Waals surface area contributed by atoms with Crippen molar-refractivity contribution in [3.63, 3.8) is 0 Å². The topological polar surface area (TPSA) is 82.6 Å². The maximum atomic E-state index is 13.1. The molecule has 4 rings (SSSR count). The molecule has 0 bridgehead atoms. The number of hydrogen-bond donors (Lipinski definition) is 1. The highest BCUT2D eigenvalue weighted by Gasteiger charge is 2.32. The fraction of sp³-hybridized carbons (Fsp3) is 0.333. The van der Waals surface area contributed by atoms with Crippen LogP contribution in [-0.4, -0.2) is 50.4 Å². The fourth-order valence-electron chi connectivity index (χ4n) is 4.10. The molecule has 0 unspecified atom stereocenters. The third-order valence-corrected chi connectivity index (χ3v) is 8.63. The SMILES string of the molecule is Cc1ccc(S(=O)(=O)Nc2nc(C)c(C(=O)N3CCN(c4cccc(C(F)(F)F)c4)CC3)s2)c(C)c1. The predicted molar refractivity (Wildman–Crippen MR) is 133 cm³/mol. The van der Waals surface area contributed by atoms with Crippen molar-refractivity contribution in [1.29, 1.82) is 0 Å². The van der Waals surface area contributed by atoms with Gasteiger partial charge in [0.2, 0.25) is 0 Å². The van der Waals surface area contributed by atoms with E-state index in [9.17, 15) is 26.4 Å². The average molecular weight is 539 g/mol. The van der Waals surface area contributed by atoms with Crippen LogP contribution in [0.4, 0.5) is 24.0 Å². The lowest BCUT2D eigenvalue weighted by Crippen LogP contribution is -2.48. The Morgan fingerprint density at radius 3 is 2.36 bits per heavy atom. The Bertz CT molecular complexity index is 1400. The number of nitrogens with zero attached hydrogens (tertiary/aromatic N) is 3. The number of halogens is 3. The molecule has 7 nitrogen and oxygen atoms in total. The highest BCUT2D eigenvalue weighted by Crippen LogP contribution is 2.32. The number of nitrogens with one attached hydrogen (secondary N) is 1. The highest BCUT2D eigenvalue weighted by atomic mass is 32.2. The second kappa shape index (κ2) is 9.74. The maximum absolute atomic E-state index is 13.1. The van der Waals surface area contributed by atoms with Gasteiger partial charge in [0.25, 0.3) is 15.9 Å². The van der Waals surface area contributed by atoms with Crippen molar-refractivity contribution >= 4 is 38.1 Å². The molecule has 3 aromatic rings. The molecule has 2 aromatic carbocycles. The number of amides is 1. The summed E-state index contributed by atoms with van der Waals surface area (Å²) in [6.07, 6.45) is -4.42. The second-order valence-corrected chi connectivity index (χ2v) is 11.3. The lowest BCUT2D eigenvalue weighted by atomic mass is 10.1. The molecule has 1 amide bonds. The quantitative estimate of drug-likeness (QED) is 0.502. The van der Waals surface area contributed by atoms with Gasteiger partial charge in [0, 0.05) is 31.9 Å². The van der Waals surface area contributed by atoms with E-state index in [-0.39, 0.29) is 15.9 Å². The van der Waals surface area contributed by atoms with Crippen molar-refractivity contribution in [2.45, 2.75) is 31.8 Å². The first-order valence-corrected chi connectivity index (χ1v) is 13.4. The number of hydrogen-bond acceptors (Lipinski definition) is 6. The van der Waals surface area contributed by atoms with Gasteiger partial charge in [-0.1, -0.05) is 35.1 Å². The fourth-order valence-corrected chi connectivity index (χ4v) is 6.50. The monoisotopic (exact) mass is 538 g/mol. The number of thiazole rings is 1. The summed E-state index contributed by atoms with van der Waals surface area (Å²) in [5.74, 6) is -0.286. The van der Waals surface area contributed by atoms with Crippen LogP contribution in [-0.2, 0) is 16.2 Å². The van der Waals surface area contributed by atoms with E-state index in [1.807, 2.05) is 11.8 Å². The number of aromatic nitrogens is 1. The van der Waals surface area contributed by atoms with E-state index in [1.54, 1.807) is 36.9 Å². The lowest BCUT2D eigenvalue weighted by molar-refractivity contribution is -0.137. The van der Waals surface area contributed by atoms with E-state index < -0.39 is 21.8 Å². The van der Waals surface area contributed by atoms with E-state index in [0.29, 0.717) is 48.0 Å². The van der Waals surface area contributed by atoms with Gasteiger partial charge in [-0.15, -0.1) is 0 Å². The molecule has 2 heterocycles. The van der Waals surface area contributed by atoms with Crippen molar-refractivity contribution in [2.75, 3.05) is 35.8 Å². The van der Waals surface area contributed by atoms with Gasteiger partial charge in [-0.3, -0.25) is 9.52 Å². The normalized spacial score (nSPS) is 14.7. The number of anilines is 2. The summed E-state index contributed by atoms with van der Waals surface area (Å²) in [7, 11) is -3.88. The van der Waals surface area contributed by atoms with Crippen LogP contribution in [0.25, 0.3) is 0 Å². The minimum atomic E-state index is -4.42. The minimum Gasteiger partial charge on any atom is -0.368 e. The van der Waals surface area contributed by atoms with Crippen LogP contribution in [0.2, 0.25) is 0 Å². The summed E-state index contributed by atoms with van der Waals surface area (Å²) in [5.41, 5.74) is 1.69. The zero-order chi connectivity index (χ0) is 26.3. The van der Waals surface area contributed by atoms with Crippen molar-refractivity contribution < 1.29 is 26.4 Å². The van der Waals surface area contributed by atoms with E-state index in [2.05, 4.69) is 9.71 Å². The lowest BCUT2D eigenvalue weighted by Gasteiger charge is -2.36. The summed E-state index contributed by atoms with van der Waals surface area (Å²) < 4.78 is 67.3. The van der Waals surface area contributed by atoms with E-state index in [1.165, 1.54) is 12.1 Å². The zero-order valence-electron chi connectivity index (χ0n) is 19.9. The molecule has 1 saturated heterocycles. The highest BCUT2D eigenvalue weighted by molar-refractivity contribution is 7.93. The van der Waals surface area contributed by atoms with Crippen molar-refractivity contribution in [1.82, 2.24) is 9.88 Å². The number of benzene rings is 2. The van der Waals surface area contributed by atoms with Crippen LogP contribution < -0.4 is 9.62 Å². The molecule has 36 heavy (non-hydrogen) atoms. The molecule has 0 radical (unpaired) electrons. The van der Waals surface area contributed by atoms with Gasteiger partial charge in [0.05, 0.1) is 16.2 Å². The molecule has 0 aliphatic carbocycles. The van der Waals surface area contributed by atoms with Gasteiger partial charge in [0.1, 0.15) is 4.88 Å². The second-order valence-electron chi connectivity index (χ2n) is 8.64. The number of alkyl halides is 3. The van der Waals surface area contributed by atoms with E-state index >= 15 is 0 Å². The number of carbonyl (C=O) groups excluding carboxylic acids is 1. The van der Waals surface area contributed by atoms with Gasteiger partial charge >= 0.3 is 6.18 Å². The van der Waals surface area contributed by atoms with Crippen molar-refractivity contribution in [2.24, 2.45) is 0 Å². The van der Waals surface area contributed by atoms with E-state index in [0.717, 1.165) is 29.0 Å². The Morgan fingerprint density at radius 2 is 1.72 bits per heavy atom. The van der Waals surface area contributed by atoms with Crippen molar-refractivity contribution in [3.05, 3.63) is 69.7 Å². The van der Waals surface area contributed by atoms with Crippen molar-refractivity contribution in [3.8, 4) is 0 Å². The number of carbonyl (C=O) groups is 1. The van der Waals surface area contributed by atoms with Gasteiger partial charge in [-0.05, 0) is 50.6 Å². The zero-order valence-corrected chi connectivity index (χ0v) is 21.5. The van der Waals surface area contributed by atoms with Crippen LogP contribution in [0.15, 0.2) is 47.4 Å². The van der Waals surface area contributed by atoms with Gasteiger partial charge < -0.3 is 9.80 Å². The Balaban J connectivity index is 1.44. The number of rotatable bonds is 5. The molecule has 0 spiro atoms. The van der Waals surface area contributed by atoms with E-state index in [4.69, 9.17) is 0 Å². The molecule has 1 aromatic heterocycles. The molecular formula is C24H25F3N4O3S2. The third-order valence-electron chi connectivity index (χ3n) is 5.94. The molecule has 1 N–H and O–H groups in total. The van der Waals surface area contributed by atoms with Gasteiger partial charge in [-0.2, -0.15) is 13.2 Å². The van der Waals surface area contributed by atoms with Crippen LogP contribution in [0, 0.1) is 20.8 Å². The standard InChI is InChI=1S/C24H25F3N4O3S2/c1-15-7-8-20(16(2)13-15)36(33,34)29-23-28-17(3)21(35-23)22(32)31-11-9-30(10-12-31)19-6-4-5-18(14-19)24(25,26)27/h4-8,13-14H,9-12H2,1-3H3,(H,28,29). The summed E-state index contributed by atoms with van der Waals surface area (Å²) in [5, 5.41) is 0.0958. The molecular weight excluding hydrogens is 513 g/mol. The summed E-state index contributed by atoms with van der Waals surface area (Å²) in [4.78, 5) is 21.3. The largest absolute Gasteiger partial charge is 0.416 e. The summed E-state index contributed by atoms with van der Waals surface area (Å²) in [6, 6.07) is 10.1. The van der Waals surface area contributed by atoms with Crippen LogP contribution >= 0.6 is 11.3 Å². The van der Waals surface area contributed by atoms with Gasteiger partial charge in [0.15, 0.2) is 5.13 Å². The molecule has 192 valence electrons. The average Bonchev–Trinajstić information content (AvgIpc) is 3.17. The van der Waals surface area contributed by atoms with Crippen LogP contribution in [0.3, 0.4) is 0 Å². The summed E-state index contributed by atoms with van der Waals surface area (Å²) >= 11 is 0.962. The first-order chi connectivity index (χ1) is 16.8. The summed E-state index contributed by atoms with van der Waals surface area (Å²) in [6.45, 7) is 6.60. The van der Waals surface area contributed by atoms with Gasteiger partial charge in [-0.25, -0.2) is 13.4 Å². The third kappa shape index (κ3) is 5.49. The Morgan fingerprint density at radius 1 is 1.03 bits per heavy atom. The number of aryl methyl sites for hydroxylation is 3. The first kappa shape index (κ1) is 26.0. The Hall–Kier alpha value is -3.12. The Labute approximate surface area is 211 Å². The number of sulfonamides is 1. The minimum absolute atomic E-state index is 0.0958. The molecule has 0 saturated carbocycles. The molecule has 12 heteroatoms. The van der Waals surface area contributed by atoms with Crippen LogP contribution in [0.5, 0.6) is 0 Å².